The first kappa shape index (κ1) is 14.3. The molecule has 2 heterocycles. The number of aromatic nitrogens is 2. The summed E-state index contributed by atoms with van der Waals surface area (Å²) in [6, 6.07) is -0.203. The molecule has 1 aliphatic rings. The fourth-order valence-corrected chi connectivity index (χ4v) is 3.94. The van der Waals surface area contributed by atoms with Gasteiger partial charge in [-0.3, -0.25) is 4.79 Å². The van der Waals surface area contributed by atoms with Gasteiger partial charge in [0, 0.05) is 12.6 Å². The monoisotopic (exact) mass is 305 g/mol. The second kappa shape index (κ2) is 5.50. The lowest BCUT2D eigenvalue weighted by Gasteiger charge is -2.14. The molecule has 0 saturated carbocycles. The van der Waals surface area contributed by atoms with Crippen LogP contribution in [-0.4, -0.2) is 35.7 Å². The van der Waals surface area contributed by atoms with Gasteiger partial charge in [-0.15, -0.1) is 0 Å². The second-order valence-electron chi connectivity index (χ2n) is 4.64. The van der Waals surface area contributed by atoms with Gasteiger partial charge < -0.3 is 5.32 Å². The molecule has 1 N–H and O–H groups in total. The first-order chi connectivity index (χ1) is 8.93. The van der Waals surface area contributed by atoms with E-state index in [-0.39, 0.29) is 28.1 Å². The van der Waals surface area contributed by atoms with E-state index in [1.165, 1.54) is 10.9 Å². The summed E-state index contributed by atoms with van der Waals surface area (Å²) in [5.41, 5.74) is 0.0514. The lowest BCUT2D eigenvalue weighted by atomic mass is 10.2. The maximum Gasteiger partial charge on any atom is 0.287 e. The van der Waals surface area contributed by atoms with Gasteiger partial charge >= 0.3 is 0 Å². The van der Waals surface area contributed by atoms with Crippen molar-refractivity contribution in [3.63, 3.8) is 0 Å². The van der Waals surface area contributed by atoms with E-state index < -0.39 is 9.84 Å². The third kappa shape index (κ3) is 3.27. The molecule has 0 radical (unpaired) electrons. The van der Waals surface area contributed by atoms with Crippen LogP contribution in [0, 0.1) is 0 Å². The van der Waals surface area contributed by atoms with Crippen LogP contribution >= 0.6 is 11.6 Å². The fourth-order valence-electron chi connectivity index (χ4n) is 2.07. The molecule has 0 aromatic carbocycles. The molecule has 19 heavy (non-hydrogen) atoms. The predicted octanol–water partition coefficient (Wildman–Crippen LogP) is 0.906. The van der Waals surface area contributed by atoms with Crippen molar-refractivity contribution in [1.29, 1.82) is 0 Å². The van der Waals surface area contributed by atoms with E-state index in [2.05, 4.69) is 10.4 Å². The molecule has 6 nitrogen and oxygen atoms in total. The van der Waals surface area contributed by atoms with Gasteiger partial charge in [-0.25, -0.2) is 13.1 Å². The van der Waals surface area contributed by atoms with Crippen molar-refractivity contribution in [2.45, 2.75) is 32.4 Å². The number of aryl methyl sites for hydroxylation is 1. The van der Waals surface area contributed by atoms with Crippen molar-refractivity contribution in [3.8, 4) is 0 Å². The zero-order valence-corrected chi connectivity index (χ0v) is 12.2. The summed E-state index contributed by atoms with van der Waals surface area (Å²) >= 11 is 6.00. The van der Waals surface area contributed by atoms with Gasteiger partial charge in [0.05, 0.1) is 23.4 Å². The number of halogens is 1. The topological polar surface area (TPSA) is 81.1 Å². The molecule has 0 amide bonds. The Kier molecular flexibility index (Phi) is 4.15. The minimum atomic E-state index is -2.96. The third-order valence-corrected chi connectivity index (χ3v) is 5.15. The quantitative estimate of drug-likeness (QED) is 0.894. The SMILES string of the molecule is CCCn1ncc(NC2CCS(=O)(=O)C2)c(Cl)c1=O. The Balaban J connectivity index is 2.18. The number of anilines is 1. The summed E-state index contributed by atoms with van der Waals surface area (Å²) in [5.74, 6) is 0.240. The minimum Gasteiger partial charge on any atom is -0.379 e. The first-order valence-electron chi connectivity index (χ1n) is 6.15. The molecule has 1 aliphatic heterocycles. The van der Waals surface area contributed by atoms with Crippen LogP contribution in [-0.2, 0) is 16.4 Å². The summed E-state index contributed by atoms with van der Waals surface area (Å²) in [6.45, 7) is 2.45. The average molecular weight is 306 g/mol. The molecular formula is C11H16ClN3O3S. The third-order valence-electron chi connectivity index (χ3n) is 3.01. The van der Waals surface area contributed by atoms with E-state index in [9.17, 15) is 13.2 Å². The molecule has 8 heteroatoms. The van der Waals surface area contributed by atoms with Crippen LogP contribution in [0.4, 0.5) is 5.69 Å². The maximum absolute atomic E-state index is 11.9. The zero-order chi connectivity index (χ0) is 14.0. The van der Waals surface area contributed by atoms with Crippen molar-refractivity contribution < 1.29 is 8.42 Å². The Morgan fingerprint density at radius 3 is 2.89 bits per heavy atom. The lowest BCUT2D eigenvalue weighted by Crippen LogP contribution is -2.27. The highest BCUT2D eigenvalue weighted by Crippen LogP contribution is 2.21. The summed E-state index contributed by atoms with van der Waals surface area (Å²) in [7, 11) is -2.96. The van der Waals surface area contributed by atoms with Crippen molar-refractivity contribution in [1.82, 2.24) is 9.78 Å². The molecule has 0 spiro atoms. The Morgan fingerprint density at radius 2 is 2.32 bits per heavy atom. The van der Waals surface area contributed by atoms with Crippen LogP contribution in [0.2, 0.25) is 5.02 Å². The van der Waals surface area contributed by atoms with Crippen molar-refractivity contribution in [3.05, 3.63) is 21.6 Å². The van der Waals surface area contributed by atoms with E-state index in [1.807, 2.05) is 6.92 Å². The molecule has 1 atom stereocenters. The molecule has 106 valence electrons. The summed E-state index contributed by atoms with van der Waals surface area (Å²) in [4.78, 5) is 11.9. The Bertz CT molecular complexity index is 627. The zero-order valence-electron chi connectivity index (χ0n) is 10.6. The van der Waals surface area contributed by atoms with Gasteiger partial charge in [-0.1, -0.05) is 18.5 Å². The van der Waals surface area contributed by atoms with Crippen LogP contribution in [0.25, 0.3) is 0 Å². The number of hydrogen-bond acceptors (Lipinski definition) is 5. The summed E-state index contributed by atoms with van der Waals surface area (Å²) < 4.78 is 24.0. The highest BCUT2D eigenvalue weighted by molar-refractivity contribution is 7.91. The molecular weight excluding hydrogens is 290 g/mol. The largest absolute Gasteiger partial charge is 0.379 e. The number of nitrogens with zero attached hydrogens (tertiary/aromatic N) is 2. The number of sulfone groups is 1. The van der Waals surface area contributed by atoms with Crippen LogP contribution in [0.5, 0.6) is 0 Å². The molecule has 1 unspecified atom stereocenters. The summed E-state index contributed by atoms with van der Waals surface area (Å²) in [6.07, 6.45) is 2.79. The minimum absolute atomic E-state index is 0.0627. The van der Waals surface area contributed by atoms with E-state index >= 15 is 0 Å². The van der Waals surface area contributed by atoms with E-state index in [1.54, 1.807) is 0 Å². The smallest absolute Gasteiger partial charge is 0.287 e. The molecule has 2 rings (SSSR count). The maximum atomic E-state index is 11.9. The second-order valence-corrected chi connectivity index (χ2v) is 7.25. The Labute approximate surface area is 116 Å². The Hall–Kier alpha value is -1.08. The number of rotatable bonds is 4. The normalized spacial score (nSPS) is 21.5. The van der Waals surface area contributed by atoms with Gasteiger partial charge in [0.15, 0.2) is 9.84 Å². The van der Waals surface area contributed by atoms with Crippen molar-refractivity contribution in [2.24, 2.45) is 0 Å². The molecule has 1 aromatic heterocycles. The van der Waals surface area contributed by atoms with Gasteiger partial charge in [0.1, 0.15) is 5.02 Å². The van der Waals surface area contributed by atoms with Crippen LogP contribution in [0.15, 0.2) is 11.0 Å². The fraction of sp³-hybridized carbons (Fsp3) is 0.636. The molecule has 0 aliphatic carbocycles. The standard InChI is InChI=1S/C11H16ClN3O3S/c1-2-4-15-11(16)10(12)9(6-13-15)14-8-3-5-19(17,18)7-8/h6,8,14H,2-5,7H2,1H3. The highest BCUT2D eigenvalue weighted by Gasteiger charge is 2.28. The van der Waals surface area contributed by atoms with E-state index in [0.29, 0.717) is 18.7 Å². The molecule has 1 saturated heterocycles. The van der Waals surface area contributed by atoms with Crippen LogP contribution < -0.4 is 10.9 Å². The molecule has 0 bridgehead atoms. The number of nitrogens with one attached hydrogen (secondary N) is 1. The summed E-state index contributed by atoms with van der Waals surface area (Å²) in [5, 5.41) is 7.07. The number of hydrogen-bond donors (Lipinski definition) is 1. The predicted molar refractivity (Wildman–Crippen MR) is 74.5 cm³/mol. The van der Waals surface area contributed by atoms with Gasteiger partial charge in [-0.05, 0) is 12.8 Å². The first-order valence-corrected chi connectivity index (χ1v) is 8.35. The van der Waals surface area contributed by atoms with Crippen LogP contribution in [0.1, 0.15) is 19.8 Å². The van der Waals surface area contributed by atoms with Gasteiger partial charge in [0.25, 0.3) is 5.56 Å². The van der Waals surface area contributed by atoms with Gasteiger partial charge in [0.2, 0.25) is 0 Å². The Morgan fingerprint density at radius 1 is 1.58 bits per heavy atom. The van der Waals surface area contributed by atoms with Gasteiger partial charge in [-0.2, -0.15) is 5.10 Å². The molecule has 1 fully saturated rings. The van der Waals surface area contributed by atoms with Crippen LogP contribution in [0.3, 0.4) is 0 Å². The van der Waals surface area contributed by atoms with Crippen molar-refractivity contribution in [2.75, 3.05) is 16.8 Å². The van der Waals surface area contributed by atoms with E-state index in [0.717, 1.165) is 6.42 Å². The average Bonchev–Trinajstić information content (AvgIpc) is 2.69. The molecule has 1 aromatic rings. The van der Waals surface area contributed by atoms with E-state index in [4.69, 9.17) is 11.6 Å². The highest BCUT2D eigenvalue weighted by atomic mass is 35.5. The lowest BCUT2D eigenvalue weighted by molar-refractivity contribution is 0.568. The van der Waals surface area contributed by atoms with Crippen molar-refractivity contribution >= 4 is 27.1 Å².